The van der Waals surface area contributed by atoms with Crippen LogP contribution in [0.2, 0.25) is 0 Å². The van der Waals surface area contributed by atoms with E-state index in [4.69, 9.17) is 0 Å². The maximum absolute atomic E-state index is 10.2. The SMILES string of the molecule is Cc1[nH]nc2ccc(NC=O)cc12. The van der Waals surface area contributed by atoms with Crippen LogP contribution in [0.25, 0.3) is 10.9 Å². The van der Waals surface area contributed by atoms with Crippen molar-refractivity contribution in [1.29, 1.82) is 0 Å². The average molecular weight is 175 g/mol. The Balaban J connectivity index is 2.58. The highest BCUT2D eigenvalue weighted by Gasteiger charge is 2.01. The van der Waals surface area contributed by atoms with Crippen molar-refractivity contribution in [2.75, 3.05) is 5.32 Å². The molecule has 4 nitrogen and oxygen atoms in total. The van der Waals surface area contributed by atoms with Gasteiger partial charge in [0.2, 0.25) is 6.41 Å². The van der Waals surface area contributed by atoms with Gasteiger partial charge in [-0.1, -0.05) is 0 Å². The molecule has 1 aromatic heterocycles. The second-order valence-corrected chi connectivity index (χ2v) is 2.84. The Kier molecular flexibility index (Phi) is 1.73. The van der Waals surface area contributed by atoms with Crippen LogP contribution in [0.1, 0.15) is 5.69 Å². The van der Waals surface area contributed by atoms with Gasteiger partial charge in [-0.15, -0.1) is 0 Å². The van der Waals surface area contributed by atoms with Crippen molar-refractivity contribution >= 4 is 23.0 Å². The van der Waals surface area contributed by atoms with Gasteiger partial charge in [-0.2, -0.15) is 5.10 Å². The quantitative estimate of drug-likeness (QED) is 0.678. The van der Waals surface area contributed by atoms with Gasteiger partial charge < -0.3 is 5.32 Å². The molecule has 0 aliphatic rings. The predicted octanol–water partition coefficient (Wildman–Crippen LogP) is 1.44. The van der Waals surface area contributed by atoms with Gasteiger partial charge in [-0.05, 0) is 25.1 Å². The zero-order valence-corrected chi connectivity index (χ0v) is 7.16. The van der Waals surface area contributed by atoms with Crippen LogP contribution in [0.5, 0.6) is 0 Å². The fraction of sp³-hybridized carbons (Fsp3) is 0.111. The van der Waals surface area contributed by atoms with Crippen molar-refractivity contribution in [2.24, 2.45) is 0 Å². The highest BCUT2D eigenvalue weighted by Crippen LogP contribution is 2.19. The Bertz CT molecular complexity index is 447. The van der Waals surface area contributed by atoms with Crippen LogP contribution in [0, 0.1) is 6.92 Å². The summed E-state index contributed by atoms with van der Waals surface area (Å²) in [6, 6.07) is 5.57. The average Bonchev–Trinajstić information content (AvgIpc) is 2.49. The van der Waals surface area contributed by atoms with Gasteiger partial charge in [0.15, 0.2) is 0 Å². The minimum atomic E-state index is 0.663. The third-order valence-corrected chi connectivity index (χ3v) is 1.97. The fourth-order valence-electron chi connectivity index (χ4n) is 1.30. The summed E-state index contributed by atoms with van der Waals surface area (Å²) in [6.45, 7) is 1.94. The van der Waals surface area contributed by atoms with E-state index in [9.17, 15) is 4.79 Å². The van der Waals surface area contributed by atoms with Gasteiger partial charge in [0.25, 0.3) is 0 Å². The van der Waals surface area contributed by atoms with E-state index in [-0.39, 0.29) is 0 Å². The lowest BCUT2D eigenvalue weighted by Crippen LogP contribution is -1.92. The Morgan fingerprint density at radius 2 is 2.38 bits per heavy atom. The zero-order chi connectivity index (χ0) is 9.26. The van der Waals surface area contributed by atoms with Crippen LogP contribution < -0.4 is 5.32 Å². The van der Waals surface area contributed by atoms with Gasteiger partial charge in [-0.25, -0.2) is 0 Å². The summed E-state index contributed by atoms with van der Waals surface area (Å²) in [6.07, 6.45) is 0.663. The molecule has 0 spiro atoms. The molecule has 1 heterocycles. The highest BCUT2D eigenvalue weighted by molar-refractivity contribution is 5.86. The molecule has 0 saturated carbocycles. The van der Waals surface area contributed by atoms with E-state index in [0.29, 0.717) is 6.41 Å². The summed E-state index contributed by atoms with van der Waals surface area (Å²) < 4.78 is 0. The Labute approximate surface area is 75.0 Å². The molecule has 0 fully saturated rings. The second kappa shape index (κ2) is 2.90. The van der Waals surface area contributed by atoms with Crippen LogP contribution in [0.15, 0.2) is 18.2 Å². The largest absolute Gasteiger partial charge is 0.329 e. The minimum Gasteiger partial charge on any atom is -0.329 e. The number of fused-ring (bicyclic) bond motifs is 1. The van der Waals surface area contributed by atoms with Gasteiger partial charge in [0.1, 0.15) is 0 Å². The number of aromatic nitrogens is 2. The number of nitrogens with zero attached hydrogens (tertiary/aromatic N) is 1. The highest BCUT2D eigenvalue weighted by atomic mass is 16.1. The van der Waals surface area contributed by atoms with E-state index in [1.165, 1.54) is 0 Å². The molecule has 0 radical (unpaired) electrons. The molecule has 2 N–H and O–H groups in total. The van der Waals surface area contributed by atoms with Crippen molar-refractivity contribution in [3.05, 3.63) is 23.9 Å². The summed E-state index contributed by atoms with van der Waals surface area (Å²) in [7, 11) is 0. The summed E-state index contributed by atoms with van der Waals surface area (Å²) in [5.41, 5.74) is 2.70. The number of nitrogens with one attached hydrogen (secondary N) is 2. The number of benzene rings is 1. The molecule has 0 atom stereocenters. The standard InChI is InChI=1S/C9H9N3O/c1-6-8-4-7(10-5-13)2-3-9(8)12-11-6/h2-5H,1H3,(H,10,13)(H,11,12). The van der Waals surface area contributed by atoms with E-state index >= 15 is 0 Å². The lowest BCUT2D eigenvalue weighted by atomic mass is 10.2. The van der Waals surface area contributed by atoms with Crippen molar-refractivity contribution < 1.29 is 4.79 Å². The number of hydrogen-bond acceptors (Lipinski definition) is 2. The number of amides is 1. The van der Waals surface area contributed by atoms with Gasteiger partial charge in [0.05, 0.1) is 5.52 Å². The normalized spacial score (nSPS) is 10.2. The number of rotatable bonds is 2. The predicted molar refractivity (Wildman–Crippen MR) is 50.5 cm³/mol. The van der Waals surface area contributed by atoms with Crippen LogP contribution in [0.3, 0.4) is 0 Å². The van der Waals surface area contributed by atoms with Crippen molar-refractivity contribution in [1.82, 2.24) is 10.2 Å². The molecule has 0 bridgehead atoms. The van der Waals surface area contributed by atoms with Gasteiger partial charge in [0, 0.05) is 16.8 Å². The summed E-state index contributed by atoms with van der Waals surface area (Å²) in [5.74, 6) is 0. The summed E-state index contributed by atoms with van der Waals surface area (Å²) in [5, 5.41) is 10.6. The molecule has 0 saturated heterocycles. The first kappa shape index (κ1) is 7.79. The summed E-state index contributed by atoms with van der Waals surface area (Å²) >= 11 is 0. The third-order valence-electron chi connectivity index (χ3n) is 1.97. The smallest absolute Gasteiger partial charge is 0.211 e. The molecule has 0 aliphatic carbocycles. The number of H-pyrrole nitrogens is 1. The van der Waals surface area contributed by atoms with Gasteiger partial charge in [-0.3, -0.25) is 9.89 Å². The first-order valence-corrected chi connectivity index (χ1v) is 3.96. The molecular weight excluding hydrogens is 166 g/mol. The van der Waals surface area contributed by atoms with E-state index < -0.39 is 0 Å². The third kappa shape index (κ3) is 1.26. The van der Waals surface area contributed by atoms with Crippen LogP contribution >= 0.6 is 0 Å². The first-order valence-electron chi connectivity index (χ1n) is 3.96. The molecule has 0 unspecified atom stereocenters. The Hall–Kier alpha value is -1.84. The van der Waals surface area contributed by atoms with E-state index in [1.54, 1.807) is 0 Å². The minimum absolute atomic E-state index is 0.663. The first-order chi connectivity index (χ1) is 6.31. The lowest BCUT2D eigenvalue weighted by molar-refractivity contribution is -0.105. The molecule has 0 aliphatic heterocycles. The van der Waals surface area contributed by atoms with Crippen LogP contribution in [0.4, 0.5) is 5.69 Å². The van der Waals surface area contributed by atoms with Crippen molar-refractivity contribution in [2.45, 2.75) is 6.92 Å². The molecule has 2 rings (SSSR count). The molecule has 2 aromatic rings. The zero-order valence-electron chi connectivity index (χ0n) is 7.16. The second-order valence-electron chi connectivity index (χ2n) is 2.84. The van der Waals surface area contributed by atoms with Gasteiger partial charge >= 0.3 is 0 Å². The van der Waals surface area contributed by atoms with E-state index in [1.807, 2.05) is 25.1 Å². The lowest BCUT2D eigenvalue weighted by Gasteiger charge is -1.97. The molecule has 1 amide bonds. The molecule has 13 heavy (non-hydrogen) atoms. The fourth-order valence-corrected chi connectivity index (χ4v) is 1.30. The topological polar surface area (TPSA) is 57.8 Å². The monoisotopic (exact) mass is 175 g/mol. The number of carbonyl (C=O) groups is 1. The number of anilines is 1. The number of hydrogen-bond donors (Lipinski definition) is 2. The maximum Gasteiger partial charge on any atom is 0.211 e. The maximum atomic E-state index is 10.2. The number of aromatic amines is 1. The van der Waals surface area contributed by atoms with Crippen LogP contribution in [-0.2, 0) is 4.79 Å². The van der Waals surface area contributed by atoms with Crippen molar-refractivity contribution in [3.8, 4) is 0 Å². The summed E-state index contributed by atoms with van der Waals surface area (Å²) in [4.78, 5) is 10.2. The number of aryl methyl sites for hydroxylation is 1. The number of carbonyl (C=O) groups excluding carboxylic acids is 1. The van der Waals surface area contributed by atoms with Crippen molar-refractivity contribution in [3.63, 3.8) is 0 Å². The Morgan fingerprint density at radius 1 is 1.54 bits per heavy atom. The van der Waals surface area contributed by atoms with Crippen LogP contribution in [-0.4, -0.2) is 16.6 Å². The molecule has 4 heteroatoms. The molecule has 1 aromatic carbocycles. The molecule has 66 valence electrons. The van der Waals surface area contributed by atoms with E-state index in [0.717, 1.165) is 22.3 Å². The molecular formula is C9H9N3O. The Morgan fingerprint density at radius 3 is 3.15 bits per heavy atom. The van der Waals surface area contributed by atoms with E-state index in [2.05, 4.69) is 15.5 Å².